The molecule has 0 saturated carbocycles. The van der Waals surface area contributed by atoms with Crippen molar-refractivity contribution < 1.29 is 9.59 Å². The van der Waals surface area contributed by atoms with Crippen molar-refractivity contribution >= 4 is 11.7 Å². The van der Waals surface area contributed by atoms with E-state index in [1.807, 2.05) is 30.3 Å². The molecule has 0 spiro atoms. The number of amides is 1. The highest BCUT2D eigenvalue weighted by Crippen LogP contribution is 2.36. The lowest BCUT2D eigenvalue weighted by Gasteiger charge is -2.11. The van der Waals surface area contributed by atoms with Gasteiger partial charge >= 0.3 is 0 Å². The Morgan fingerprint density at radius 2 is 1.53 bits per heavy atom. The summed E-state index contributed by atoms with van der Waals surface area (Å²) in [6, 6.07) is 12.9. The first-order valence-corrected chi connectivity index (χ1v) is 6.09. The molecule has 0 unspecified atom stereocenters. The Balaban J connectivity index is 2.15. The highest BCUT2D eigenvalue weighted by Gasteiger charge is 2.27. The second-order valence-corrected chi connectivity index (χ2v) is 4.83. The number of ketones is 1. The minimum absolute atomic E-state index is 0.000920. The van der Waals surface area contributed by atoms with E-state index in [-0.39, 0.29) is 11.7 Å². The van der Waals surface area contributed by atoms with Gasteiger partial charge in [-0.25, -0.2) is 0 Å². The van der Waals surface area contributed by atoms with Crippen LogP contribution in [0.25, 0.3) is 11.1 Å². The lowest BCUT2D eigenvalue weighted by molar-refractivity contribution is 0.0827. The molecule has 3 rings (SSSR count). The molecule has 19 heavy (non-hydrogen) atoms. The van der Waals surface area contributed by atoms with Gasteiger partial charge in [0.05, 0.1) is 0 Å². The Bertz CT molecular complexity index is 702. The Kier molecular flexibility index (Phi) is 2.49. The largest absolute Gasteiger partial charge is 0.345 e. The quantitative estimate of drug-likeness (QED) is 0.666. The van der Waals surface area contributed by atoms with Gasteiger partial charge in [-0.05, 0) is 23.3 Å². The normalized spacial score (nSPS) is 12.0. The summed E-state index contributed by atoms with van der Waals surface area (Å²) in [6.07, 6.45) is 0. The summed E-state index contributed by atoms with van der Waals surface area (Å²) in [5.41, 5.74) is 3.74. The van der Waals surface area contributed by atoms with Crippen LogP contribution in [0.15, 0.2) is 42.5 Å². The van der Waals surface area contributed by atoms with E-state index in [9.17, 15) is 9.59 Å². The Labute approximate surface area is 111 Å². The van der Waals surface area contributed by atoms with Gasteiger partial charge in [-0.15, -0.1) is 0 Å². The monoisotopic (exact) mass is 251 g/mol. The number of hydrogen-bond acceptors (Lipinski definition) is 2. The van der Waals surface area contributed by atoms with Crippen LogP contribution >= 0.6 is 0 Å². The first-order chi connectivity index (χ1) is 9.09. The summed E-state index contributed by atoms with van der Waals surface area (Å²) in [7, 11) is 3.40. The van der Waals surface area contributed by atoms with Crippen LogP contribution in [0.4, 0.5) is 0 Å². The lowest BCUT2D eigenvalue weighted by atomic mass is 10.0. The van der Waals surface area contributed by atoms with E-state index >= 15 is 0 Å². The van der Waals surface area contributed by atoms with E-state index in [2.05, 4.69) is 0 Å². The van der Waals surface area contributed by atoms with Crippen LogP contribution in [0.3, 0.4) is 0 Å². The molecule has 94 valence electrons. The molecule has 0 fully saturated rings. The summed E-state index contributed by atoms with van der Waals surface area (Å²) in [5.74, 6) is -0.0921. The molecule has 0 aromatic heterocycles. The zero-order valence-electron chi connectivity index (χ0n) is 10.8. The van der Waals surface area contributed by atoms with Crippen molar-refractivity contribution in [3.63, 3.8) is 0 Å². The maximum Gasteiger partial charge on any atom is 0.253 e. The smallest absolute Gasteiger partial charge is 0.253 e. The van der Waals surface area contributed by atoms with Crippen molar-refractivity contribution in [2.45, 2.75) is 0 Å². The zero-order chi connectivity index (χ0) is 13.6. The number of nitrogens with zero attached hydrogens (tertiary/aromatic N) is 1. The third-order valence-corrected chi connectivity index (χ3v) is 3.38. The van der Waals surface area contributed by atoms with Crippen LogP contribution in [-0.4, -0.2) is 30.7 Å². The maximum absolute atomic E-state index is 12.3. The van der Waals surface area contributed by atoms with Crippen molar-refractivity contribution in [3.05, 3.63) is 59.2 Å². The molecular weight excluding hydrogens is 238 g/mol. The standard InChI is InChI=1S/C16H13NO2/c1-17(2)16(19)10-7-8-12-11-5-3-4-6-13(11)15(18)14(12)9-10/h3-9H,1-2H3. The Hall–Kier alpha value is -2.42. The average molecular weight is 251 g/mol. The minimum Gasteiger partial charge on any atom is -0.345 e. The molecule has 0 bridgehead atoms. The van der Waals surface area contributed by atoms with Gasteiger partial charge in [0.15, 0.2) is 5.78 Å². The third kappa shape index (κ3) is 1.66. The molecule has 3 nitrogen and oxygen atoms in total. The lowest BCUT2D eigenvalue weighted by Crippen LogP contribution is -2.21. The molecule has 0 N–H and O–H groups in total. The van der Waals surface area contributed by atoms with E-state index in [4.69, 9.17) is 0 Å². The van der Waals surface area contributed by atoms with E-state index in [0.717, 1.165) is 11.1 Å². The number of benzene rings is 2. The van der Waals surface area contributed by atoms with Gasteiger partial charge in [0.25, 0.3) is 5.91 Å². The highest BCUT2D eigenvalue weighted by atomic mass is 16.2. The molecule has 0 aliphatic heterocycles. The Morgan fingerprint density at radius 3 is 2.21 bits per heavy atom. The molecule has 0 heterocycles. The first-order valence-electron chi connectivity index (χ1n) is 6.09. The predicted octanol–water partition coefficient (Wildman–Crippen LogP) is 2.60. The fourth-order valence-corrected chi connectivity index (χ4v) is 2.42. The van der Waals surface area contributed by atoms with Crippen molar-refractivity contribution in [1.82, 2.24) is 4.90 Å². The molecule has 3 heteroatoms. The summed E-state index contributed by atoms with van der Waals surface area (Å²) in [6.45, 7) is 0. The van der Waals surface area contributed by atoms with Gasteiger partial charge < -0.3 is 4.90 Å². The molecule has 1 amide bonds. The summed E-state index contributed by atoms with van der Waals surface area (Å²) >= 11 is 0. The second kappa shape index (κ2) is 4.05. The molecule has 0 radical (unpaired) electrons. The summed E-state index contributed by atoms with van der Waals surface area (Å²) < 4.78 is 0. The first kappa shape index (κ1) is 11.7. The van der Waals surface area contributed by atoms with Crippen LogP contribution in [-0.2, 0) is 0 Å². The molecule has 1 aliphatic carbocycles. The van der Waals surface area contributed by atoms with Gasteiger partial charge in [-0.3, -0.25) is 9.59 Å². The van der Waals surface area contributed by atoms with Crippen LogP contribution < -0.4 is 0 Å². The van der Waals surface area contributed by atoms with Gasteiger partial charge in [-0.2, -0.15) is 0 Å². The maximum atomic E-state index is 12.3. The van der Waals surface area contributed by atoms with Crippen LogP contribution in [0.5, 0.6) is 0 Å². The van der Waals surface area contributed by atoms with Crippen LogP contribution in [0, 0.1) is 0 Å². The molecule has 2 aromatic carbocycles. The number of carbonyl (C=O) groups excluding carboxylic acids is 2. The number of rotatable bonds is 1. The van der Waals surface area contributed by atoms with E-state index < -0.39 is 0 Å². The fourth-order valence-electron chi connectivity index (χ4n) is 2.42. The van der Waals surface area contributed by atoms with Crippen LogP contribution in [0.2, 0.25) is 0 Å². The fraction of sp³-hybridized carbons (Fsp3) is 0.125. The minimum atomic E-state index is -0.0912. The third-order valence-electron chi connectivity index (χ3n) is 3.38. The van der Waals surface area contributed by atoms with Crippen molar-refractivity contribution in [2.24, 2.45) is 0 Å². The molecule has 0 atom stereocenters. The number of hydrogen-bond donors (Lipinski definition) is 0. The van der Waals surface area contributed by atoms with Crippen molar-refractivity contribution in [1.29, 1.82) is 0 Å². The summed E-state index contributed by atoms with van der Waals surface area (Å²) in [5, 5.41) is 0. The Morgan fingerprint density at radius 1 is 0.895 bits per heavy atom. The second-order valence-electron chi connectivity index (χ2n) is 4.83. The topological polar surface area (TPSA) is 37.4 Å². The van der Waals surface area contributed by atoms with Gasteiger partial charge in [-0.1, -0.05) is 30.3 Å². The van der Waals surface area contributed by atoms with Crippen molar-refractivity contribution in [3.8, 4) is 11.1 Å². The van der Waals surface area contributed by atoms with Crippen molar-refractivity contribution in [2.75, 3.05) is 14.1 Å². The van der Waals surface area contributed by atoms with Gasteiger partial charge in [0.2, 0.25) is 0 Å². The number of fused-ring (bicyclic) bond motifs is 3. The highest BCUT2D eigenvalue weighted by molar-refractivity contribution is 6.22. The van der Waals surface area contributed by atoms with Gasteiger partial charge in [0.1, 0.15) is 0 Å². The molecule has 1 aliphatic rings. The summed E-state index contributed by atoms with van der Waals surface area (Å²) in [4.78, 5) is 25.8. The van der Waals surface area contributed by atoms with E-state index in [1.165, 1.54) is 4.90 Å². The molecule has 0 saturated heterocycles. The predicted molar refractivity (Wildman–Crippen MR) is 73.3 cm³/mol. The molecule has 2 aromatic rings. The zero-order valence-corrected chi connectivity index (χ0v) is 10.8. The average Bonchev–Trinajstić information content (AvgIpc) is 2.72. The van der Waals surface area contributed by atoms with E-state index in [0.29, 0.717) is 16.7 Å². The van der Waals surface area contributed by atoms with E-state index in [1.54, 1.807) is 26.2 Å². The number of carbonyl (C=O) groups is 2. The molecular formula is C16H13NO2. The van der Waals surface area contributed by atoms with Gasteiger partial charge in [0, 0.05) is 30.8 Å². The van der Waals surface area contributed by atoms with Crippen LogP contribution in [0.1, 0.15) is 26.3 Å². The SMILES string of the molecule is CN(C)C(=O)c1ccc2c(c1)C(=O)c1ccccc1-2.